The number of hydrogen-bond acceptors (Lipinski definition) is 2. The third-order valence-corrected chi connectivity index (χ3v) is 4.36. The molecule has 4 rings (SSSR count). The van der Waals surface area contributed by atoms with Gasteiger partial charge in [-0.3, -0.25) is 0 Å². The lowest BCUT2D eigenvalue weighted by molar-refractivity contribution is 0.273. The molecule has 1 heterocycles. The van der Waals surface area contributed by atoms with Crippen LogP contribution >= 0.6 is 0 Å². The summed E-state index contributed by atoms with van der Waals surface area (Å²) in [4.78, 5) is 0. The highest BCUT2D eigenvalue weighted by Crippen LogP contribution is 2.92. The van der Waals surface area contributed by atoms with Crippen molar-refractivity contribution >= 4 is 0 Å². The van der Waals surface area contributed by atoms with E-state index in [0.29, 0.717) is 23.3 Å². The second-order valence-corrected chi connectivity index (χ2v) is 4.85. The Morgan fingerprint density at radius 1 is 1.50 bits per heavy atom. The Morgan fingerprint density at radius 2 is 2.21 bits per heavy atom. The first kappa shape index (κ1) is 6.49. The molecule has 0 aliphatic heterocycles. The molecule has 0 bridgehead atoms. The zero-order valence-corrected chi connectivity index (χ0v) is 8.05. The number of nitrogens with zero attached hydrogens (tertiary/aromatic N) is 1. The van der Waals surface area contributed by atoms with E-state index >= 15 is 0 Å². The fraction of sp³-hybridized carbons (Fsp3) is 0.727. The second kappa shape index (κ2) is 2.00. The van der Waals surface area contributed by atoms with E-state index in [-0.39, 0.29) is 5.89 Å². The molecule has 3 aliphatic rings. The SMILES string of the molecule is [2H]C1(COc2ccn[nH]2)C2(CC2)C12CC2. The molecule has 3 nitrogen and oxygen atoms in total. The number of aromatic amines is 1. The Bertz CT molecular complexity index is 388. The summed E-state index contributed by atoms with van der Waals surface area (Å²) >= 11 is 0. The van der Waals surface area contributed by atoms with Crippen LogP contribution < -0.4 is 4.74 Å². The summed E-state index contributed by atoms with van der Waals surface area (Å²) in [6, 6.07) is 1.81. The molecule has 14 heavy (non-hydrogen) atoms. The molecule has 1 N–H and O–H groups in total. The molecule has 3 aliphatic carbocycles. The highest BCUT2D eigenvalue weighted by Gasteiger charge is 2.86. The fourth-order valence-electron chi connectivity index (χ4n) is 3.28. The third kappa shape index (κ3) is 0.689. The lowest BCUT2D eigenvalue weighted by atomic mass is 10.3. The number of rotatable bonds is 3. The molecule has 0 atom stereocenters. The molecule has 0 amide bonds. The minimum atomic E-state index is -0.287. The van der Waals surface area contributed by atoms with Crippen LogP contribution in [0.4, 0.5) is 0 Å². The molecule has 0 unspecified atom stereocenters. The number of nitrogens with one attached hydrogen (secondary N) is 1. The number of fused-ring (bicyclic) bond motifs is 1. The first-order chi connectivity index (χ1) is 7.24. The maximum atomic E-state index is 8.52. The fourth-order valence-corrected chi connectivity index (χ4v) is 3.28. The van der Waals surface area contributed by atoms with Crippen molar-refractivity contribution in [3.05, 3.63) is 12.3 Å². The van der Waals surface area contributed by atoms with Crippen LogP contribution in [0.3, 0.4) is 0 Å². The van der Waals surface area contributed by atoms with Gasteiger partial charge in [-0.2, -0.15) is 5.10 Å². The van der Waals surface area contributed by atoms with Crippen molar-refractivity contribution in [1.82, 2.24) is 10.2 Å². The van der Waals surface area contributed by atoms with Crippen LogP contribution in [0.15, 0.2) is 12.3 Å². The van der Waals surface area contributed by atoms with Gasteiger partial charge in [-0.15, -0.1) is 0 Å². The summed E-state index contributed by atoms with van der Waals surface area (Å²) in [6.45, 7) is 0.537. The Morgan fingerprint density at radius 3 is 2.71 bits per heavy atom. The summed E-state index contributed by atoms with van der Waals surface area (Å²) in [5.74, 6) is 0.408. The predicted molar refractivity (Wildman–Crippen MR) is 50.9 cm³/mol. The van der Waals surface area contributed by atoms with Crippen molar-refractivity contribution in [2.45, 2.75) is 25.7 Å². The molecule has 3 fully saturated rings. The van der Waals surface area contributed by atoms with Crippen molar-refractivity contribution in [1.29, 1.82) is 0 Å². The first-order valence-electron chi connectivity index (χ1n) is 5.86. The van der Waals surface area contributed by atoms with Gasteiger partial charge in [-0.1, -0.05) is 0 Å². The Hall–Kier alpha value is -0.990. The van der Waals surface area contributed by atoms with Crippen molar-refractivity contribution < 1.29 is 6.11 Å². The van der Waals surface area contributed by atoms with E-state index in [1.165, 1.54) is 25.7 Å². The van der Waals surface area contributed by atoms with Crippen LogP contribution in [-0.2, 0) is 0 Å². The molecule has 1 aromatic heterocycles. The highest BCUT2D eigenvalue weighted by molar-refractivity contribution is 5.34. The molecule has 74 valence electrons. The van der Waals surface area contributed by atoms with Crippen LogP contribution in [0.25, 0.3) is 0 Å². The lowest BCUT2D eigenvalue weighted by Crippen LogP contribution is -2.02. The van der Waals surface area contributed by atoms with Crippen molar-refractivity contribution in [3.63, 3.8) is 0 Å². The molecule has 2 spiro atoms. The Balaban J connectivity index is 1.51. The topological polar surface area (TPSA) is 37.9 Å². The van der Waals surface area contributed by atoms with Crippen molar-refractivity contribution in [3.8, 4) is 5.88 Å². The highest BCUT2D eigenvalue weighted by atomic mass is 16.5. The van der Waals surface area contributed by atoms with Crippen molar-refractivity contribution in [2.75, 3.05) is 6.61 Å². The van der Waals surface area contributed by atoms with E-state index in [0.717, 1.165) is 0 Å². The predicted octanol–water partition coefficient (Wildman–Crippen LogP) is 1.98. The standard InChI is InChI=1S/C11H14N2O/c1-6-12-13-9(1)14-7-8-10(2-3-10)11(8)4-5-11/h1,6,8H,2-5,7H2,(H,12,13)/i8D. The summed E-state index contributed by atoms with van der Waals surface area (Å²) in [5.41, 5.74) is 0.722. The first-order valence-corrected chi connectivity index (χ1v) is 5.36. The molecule has 3 heteroatoms. The van der Waals surface area contributed by atoms with E-state index in [4.69, 9.17) is 6.11 Å². The van der Waals surface area contributed by atoms with Gasteiger partial charge in [0.25, 0.3) is 0 Å². The van der Waals surface area contributed by atoms with Gasteiger partial charge in [0.1, 0.15) is 0 Å². The summed E-state index contributed by atoms with van der Waals surface area (Å²) in [6.07, 6.45) is 6.69. The summed E-state index contributed by atoms with van der Waals surface area (Å²) < 4.78 is 14.1. The van der Waals surface area contributed by atoms with Gasteiger partial charge < -0.3 is 4.74 Å². The van der Waals surface area contributed by atoms with Crippen LogP contribution in [0.2, 0.25) is 0 Å². The second-order valence-electron chi connectivity index (χ2n) is 4.85. The normalized spacial score (nSPS) is 32.7. The number of hydrogen-bond donors (Lipinski definition) is 1. The summed E-state index contributed by atoms with van der Waals surface area (Å²) in [7, 11) is 0. The van der Waals surface area contributed by atoms with Crippen molar-refractivity contribution in [2.24, 2.45) is 16.7 Å². The lowest BCUT2D eigenvalue weighted by Gasteiger charge is -2.01. The van der Waals surface area contributed by atoms with Gasteiger partial charge >= 0.3 is 0 Å². The quantitative estimate of drug-likeness (QED) is 0.793. The Labute approximate surface area is 84.2 Å². The van der Waals surface area contributed by atoms with E-state index in [9.17, 15) is 0 Å². The molecular weight excluding hydrogens is 176 g/mol. The largest absolute Gasteiger partial charge is 0.478 e. The molecule has 1 aromatic rings. The Kier molecular flexibility index (Phi) is 0.924. The van der Waals surface area contributed by atoms with E-state index in [1.54, 1.807) is 6.20 Å². The smallest absolute Gasteiger partial charge is 0.209 e. The monoisotopic (exact) mass is 191 g/mol. The van der Waals surface area contributed by atoms with Crippen LogP contribution in [0, 0.1) is 16.7 Å². The van der Waals surface area contributed by atoms with E-state index in [2.05, 4.69) is 10.2 Å². The van der Waals surface area contributed by atoms with Gasteiger partial charge in [0.05, 0.1) is 12.8 Å². The minimum absolute atomic E-state index is 0.287. The number of ether oxygens (including phenoxy) is 1. The van der Waals surface area contributed by atoms with Gasteiger partial charge in [-0.05, 0) is 36.5 Å². The zero-order chi connectivity index (χ0) is 10.1. The minimum Gasteiger partial charge on any atom is -0.478 e. The van der Waals surface area contributed by atoms with Gasteiger partial charge in [0, 0.05) is 13.3 Å². The number of aromatic nitrogens is 2. The average molecular weight is 191 g/mol. The van der Waals surface area contributed by atoms with Crippen LogP contribution in [0.5, 0.6) is 5.88 Å². The third-order valence-electron chi connectivity index (χ3n) is 4.36. The van der Waals surface area contributed by atoms with E-state index < -0.39 is 0 Å². The zero-order valence-electron chi connectivity index (χ0n) is 9.05. The van der Waals surface area contributed by atoms with Gasteiger partial charge in [0.2, 0.25) is 5.88 Å². The van der Waals surface area contributed by atoms with Gasteiger partial charge in [0.15, 0.2) is 0 Å². The summed E-state index contributed by atoms with van der Waals surface area (Å²) in [5, 5.41) is 6.61. The molecule has 0 aromatic carbocycles. The molecular formula is C11H14N2O. The maximum absolute atomic E-state index is 8.52. The van der Waals surface area contributed by atoms with Gasteiger partial charge in [-0.25, -0.2) is 5.10 Å². The molecule has 0 saturated heterocycles. The average Bonchev–Trinajstić information content (AvgIpc) is 3.14. The number of H-pyrrole nitrogens is 1. The van der Waals surface area contributed by atoms with Crippen LogP contribution in [0.1, 0.15) is 27.1 Å². The molecule has 0 radical (unpaired) electrons. The maximum Gasteiger partial charge on any atom is 0.209 e. The molecule has 3 saturated carbocycles. The van der Waals surface area contributed by atoms with E-state index in [1.807, 2.05) is 6.07 Å². The van der Waals surface area contributed by atoms with Crippen LogP contribution in [-0.4, -0.2) is 16.8 Å².